The predicted octanol–water partition coefficient (Wildman–Crippen LogP) is 9.01. The Kier molecular flexibility index (Phi) is 11.5. The van der Waals surface area contributed by atoms with E-state index < -0.39 is 0 Å². The number of hydrogen-bond acceptors (Lipinski definition) is 3. The molecule has 1 aliphatic carbocycles. The summed E-state index contributed by atoms with van der Waals surface area (Å²) in [6.45, 7) is 12.1. The van der Waals surface area contributed by atoms with Gasteiger partial charge < -0.3 is 16.0 Å². The van der Waals surface area contributed by atoms with Crippen molar-refractivity contribution in [3.8, 4) is 0 Å². The van der Waals surface area contributed by atoms with E-state index in [4.69, 9.17) is 0 Å². The lowest BCUT2D eigenvalue weighted by atomic mass is 9.84. The number of dihydropyridines is 2. The van der Waals surface area contributed by atoms with Gasteiger partial charge in [0.25, 0.3) is 0 Å². The molecule has 4 rings (SSSR count). The number of para-hydroxylation sites is 1. The molecule has 3 aliphatic rings. The standard InChI is InChI=1S/C38H47N3/c1-5-31(6-2)34(28-40-35-17-11-8-12-18-35)22-20-30(4)36(32-15-9-7-10-16-32)24-21-29(3)33-23-25-38(41-27-33)37-19-13-14-26-39-37/h5,7-15,17-19,22-23,25-27,30,37-41H,3,6,16,20-21,24,28H2,1-2,4H3/b31-5+,34-22+,36-32+/t30?,37?,38-/m0/s1. The van der Waals surface area contributed by atoms with Crippen molar-refractivity contribution in [2.45, 2.75) is 65.0 Å². The summed E-state index contributed by atoms with van der Waals surface area (Å²) < 4.78 is 0. The topological polar surface area (TPSA) is 36.1 Å². The lowest BCUT2D eigenvalue weighted by Crippen LogP contribution is -2.43. The molecule has 0 fully saturated rings. The lowest BCUT2D eigenvalue weighted by molar-refractivity contribution is 0.556. The smallest absolute Gasteiger partial charge is 0.0680 e. The van der Waals surface area contributed by atoms with Gasteiger partial charge in [-0.2, -0.15) is 0 Å². The Bertz CT molecular complexity index is 1310. The summed E-state index contributed by atoms with van der Waals surface area (Å²) in [5.41, 5.74) is 9.37. The summed E-state index contributed by atoms with van der Waals surface area (Å²) >= 11 is 0. The zero-order valence-electron chi connectivity index (χ0n) is 25.1. The van der Waals surface area contributed by atoms with E-state index in [-0.39, 0.29) is 12.1 Å². The Labute approximate surface area is 248 Å². The third-order valence-electron chi connectivity index (χ3n) is 8.23. The van der Waals surface area contributed by atoms with Gasteiger partial charge in [-0.15, -0.1) is 0 Å². The minimum atomic E-state index is 0.243. The molecule has 0 bridgehead atoms. The van der Waals surface area contributed by atoms with Gasteiger partial charge in [-0.3, -0.25) is 0 Å². The molecule has 0 saturated carbocycles. The highest BCUT2D eigenvalue weighted by atomic mass is 15.0. The second-order valence-corrected chi connectivity index (χ2v) is 11.0. The van der Waals surface area contributed by atoms with Crippen LogP contribution in [0.2, 0.25) is 0 Å². The summed E-state index contributed by atoms with van der Waals surface area (Å²) in [5.74, 6) is 0.450. The van der Waals surface area contributed by atoms with Crippen molar-refractivity contribution >= 4 is 5.69 Å². The van der Waals surface area contributed by atoms with Gasteiger partial charge in [0, 0.05) is 18.4 Å². The first-order valence-corrected chi connectivity index (χ1v) is 15.2. The summed E-state index contributed by atoms with van der Waals surface area (Å²) in [7, 11) is 0. The van der Waals surface area contributed by atoms with Gasteiger partial charge in [0.05, 0.1) is 12.1 Å². The Hall–Kier alpha value is -3.98. The predicted molar refractivity (Wildman–Crippen MR) is 178 cm³/mol. The minimum Gasteiger partial charge on any atom is -0.382 e. The summed E-state index contributed by atoms with van der Waals surface area (Å²) in [4.78, 5) is 0. The van der Waals surface area contributed by atoms with Crippen LogP contribution < -0.4 is 16.0 Å². The van der Waals surface area contributed by atoms with E-state index in [1.165, 1.54) is 27.9 Å². The molecular formula is C38H47N3. The van der Waals surface area contributed by atoms with E-state index in [9.17, 15) is 0 Å². The summed E-state index contributed by atoms with van der Waals surface area (Å²) in [6, 6.07) is 11.0. The number of anilines is 1. The number of hydrogen-bond donors (Lipinski definition) is 3. The Morgan fingerprint density at radius 3 is 2.49 bits per heavy atom. The average molecular weight is 546 g/mol. The number of rotatable bonds is 13. The van der Waals surface area contributed by atoms with E-state index in [0.717, 1.165) is 44.3 Å². The van der Waals surface area contributed by atoms with E-state index >= 15 is 0 Å². The van der Waals surface area contributed by atoms with Crippen LogP contribution in [0.5, 0.6) is 0 Å². The van der Waals surface area contributed by atoms with E-state index in [1.807, 2.05) is 12.3 Å². The molecule has 41 heavy (non-hydrogen) atoms. The maximum absolute atomic E-state index is 4.48. The molecule has 0 amide bonds. The van der Waals surface area contributed by atoms with Crippen LogP contribution in [-0.4, -0.2) is 18.6 Å². The molecule has 1 aromatic carbocycles. The molecule has 214 valence electrons. The maximum Gasteiger partial charge on any atom is 0.0680 e. The van der Waals surface area contributed by atoms with Crippen molar-refractivity contribution in [1.29, 1.82) is 0 Å². The van der Waals surface area contributed by atoms with Crippen molar-refractivity contribution in [2.24, 2.45) is 5.92 Å². The van der Waals surface area contributed by atoms with Crippen LogP contribution in [-0.2, 0) is 0 Å². The third-order valence-corrected chi connectivity index (χ3v) is 8.23. The van der Waals surface area contributed by atoms with Gasteiger partial charge in [-0.1, -0.05) is 105 Å². The number of nitrogens with one attached hydrogen (secondary N) is 3. The molecule has 3 atom stereocenters. The van der Waals surface area contributed by atoms with Gasteiger partial charge in [-0.05, 0) is 97.2 Å². The molecule has 3 N–H and O–H groups in total. The Morgan fingerprint density at radius 1 is 1.00 bits per heavy atom. The molecule has 0 saturated heterocycles. The van der Waals surface area contributed by atoms with Gasteiger partial charge in [0.2, 0.25) is 0 Å². The van der Waals surface area contributed by atoms with Crippen LogP contribution in [0.25, 0.3) is 0 Å². The van der Waals surface area contributed by atoms with E-state index in [0.29, 0.717) is 5.92 Å². The zero-order valence-corrected chi connectivity index (χ0v) is 25.1. The molecule has 3 nitrogen and oxygen atoms in total. The van der Waals surface area contributed by atoms with Crippen LogP contribution in [0.3, 0.4) is 0 Å². The van der Waals surface area contributed by atoms with Crippen LogP contribution >= 0.6 is 0 Å². The van der Waals surface area contributed by atoms with Crippen molar-refractivity contribution in [2.75, 3.05) is 11.9 Å². The van der Waals surface area contributed by atoms with E-state index in [1.54, 1.807) is 5.57 Å². The first-order valence-electron chi connectivity index (χ1n) is 15.2. The van der Waals surface area contributed by atoms with Gasteiger partial charge in [0.15, 0.2) is 0 Å². The lowest BCUT2D eigenvalue weighted by Gasteiger charge is -2.27. The summed E-state index contributed by atoms with van der Waals surface area (Å²) in [5, 5.41) is 10.6. The average Bonchev–Trinajstić information content (AvgIpc) is 3.04. The second kappa shape index (κ2) is 15.7. The quantitative estimate of drug-likeness (QED) is 0.216. The van der Waals surface area contributed by atoms with Crippen LogP contribution in [0.4, 0.5) is 5.69 Å². The highest BCUT2D eigenvalue weighted by Gasteiger charge is 2.19. The van der Waals surface area contributed by atoms with Gasteiger partial charge >= 0.3 is 0 Å². The first-order chi connectivity index (χ1) is 20.1. The van der Waals surface area contributed by atoms with Gasteiger partial charge in [-0.25, -0.2) is 0 Å². The molecule has 0 aromatic heterocycles. The van der Waals surface area contributed by atoms with Crippen LogP contribution in [0, 0.1) is 5.92 Å². The van der Waals surface area contributed by atoms with Crippen LogP contribution in [0.15, 0.2) is 150 Å². The molecule has 1 aromatic rings. The molecule has 2 unspecified atom stereocenters. The normalized spacial score (nSPS) is 22.1. The fourth-order valence-corrected chi connectivity index (χ4v) is 5.68. The number of benzene rings is 1. The maximum atomic E-state index is 4.48. The molecule has 0 spiro atoms. The fraction of sp³-hybridized carbons (Fsp3) is 0.316. The Morgan fingerprint density at radius 2 is 1.83 bits per heavy atom. The van der Waals surface area contributed by atoms with Crippen molar-refractivity contribution in [1.82, 2.24) is 10.6 Å². The fourth-order valence-electron chi connectivity index (χ4n) is 5.68. The summed E-state index contributed by atoms with van der Waals surface area (Å²) in [6.07, 6.45) is 33.6. The molecule has 2 aliphatic heterocycles. The largest absolute Gasteiger partial charge is 0.382 e. The highest BCUT2D eigenvalue weighted by molar-refractivity contribution is 5.46. The molecule has 2 heterocycles. The monoisotopic (exact) mass is 545 g/mol. The highest BCUT2D eigenvalue weighted by Crippen LogP contribution is 2.32. The molecule has 3 heteroatoms. The van der Waals surface area contributed by atoms with Gasteiger partial charge in [0.1, 0.15) is 0 Å². The Balaban J connectivity index is 1.42. The minimum absolute atomic E-state index is 0.243. The van der Waals surface area contributed by atoms with Crippen molar-refractivity contribution in [3.63, 3.8) is 0 Å². The second-order valence-electron chi connectivity index (χ2n) is 11.0. The molecular weight excluding hydrogens is 498 g/mol. The number of allylic oxidation sites excluding steroid dienone is 13. The van der Waals surface area contributed by atoms with Crippen molar-refractivity contribution < 1.29 is 0 Å². The first kappa shape index (κ1) is 30.0. The third kappa shape index (κ3) is 8.75. The van der Waals surface area contributed by atoms with E-state index in [2.05, 4.69) is 141 Å². The SMILES string of the molecule is C=C(CC/C(=C1/C=CC=CC1)C(C)C/C=C(CNc1ccccc1)/C(=C/C)CC)C1=CN[C@H](C2C=CC=CN2)C=C1. The zero-order chi connectivity index (χ0) is 28.9. The van der Waals surface area contributed by atoms with Crippen LogP contribution in [0.1, 0.15) is 52.9 Å². The van der Waals surface area contributed by atoms with Crippen molar-refractivity contribution in [3.05, 3.63) is 150 Å². The molecule has 0 radical (unpaired) electrons.